The van der Waals surface area contributed by atoms with E-state index in [2.05, 4.69) is 53.3 Å². The first-order valence-corrected chi connectivity index (χ1v) is 11.2. The lowest BCUT2D eigenvalue weighted by Crippen LogP contribution is -2.50. The molecule has 5 heteroatoms. The molecule has 1 aromatic heterocycles. The highest BCUT2D eigenvalue weighted by Gasteiger charge is 2.39. The standard InChI is InChI=1S/C26H32N4O/c1-28(2)20-10-8-18(9-11-20)26(31)27-14-17-12-22-21-6-5-7-23-25(21)19(16-30(23)4)13-24(22)29(3)15-17/h5-11,16-17,22,24H,12-15H2,1-4H3,(H,27,31)/t17-,22+,24+/m0/s1. The maximum absolute atomic E-state index is 12.7. The Morgan fingerprint density at radius 3 is 2.65 bits per heavy atom. The Bertz CT molecular complexity index is 1110. The van der Waals surface area contributed by atoms with Gasteiger partial charge in [-0.2, -0.15) is 0 Å². The summed E-state index contributed by atoms with van der Waals surface area (Å²) in [4.78, 5) is 17.3. The molecule has 5 rings (SSSR count). The van der Waals surface area contributed by atoms with E-state index in [1.54, 1.807) is 0 Å². The second-order valence-corrected chi connectivity index (χ2v) is 9.58. The van der Waals surface area contributed by atoms with Crippen LogP contribution in [0.2, 0.25) is 0 Å². The van der Waals surface area contributed by atoms with E-state index in [0.717, 1.165) is 37.2 Å². The SMILES string of the molecule is CN(C)c1ccc(C(=O)NC[C@@H]2C[C@@H]3c4cccc5c4c(cn5C)C[C@H]3N(C)C2)cc1. The molecule has 1 N–H and O–H groups in total. The normalized spacial score (nSPS) is 22.9. The molecule has 5 nitrogen and oxygen atoms in total. The molecule has 0 radical (unpaired) electrons. The van der Waals surface area contributed by atoms with Crippen molar-refractivity contribution in [2.45, 2.75) is 24.8 Å². The molecule has 2 heterocycles. The van der Waals surface area contributed by atoms with Crippen LogP contribution in [0.25, 0.3) is 10.9 Å². The largest absolute Gasteiger partial charge is 0.378 e. The third-order valence-electron chi connectivity index (χ3n) is 7.32. The number of aromatic nitrogens is 1. The van der Waals surface area contributed by atoms with Gasteiger partial charge < -0.3 is 19.7 Å². The summed E-state index contributed by atoms with van der Waals surface area (Å²) in [6, 6.07) is 15.1. The second kappa shape index (κ2) is 7.72. The van der Waals surface area contributed by atoms with Gasteiger partial charge in [-0.3, -0.25) is 4.79 Å². The van der Waals surface area contributed by atoms with Crippen LogP contribution in [-0.4, -0.2) is 55.6 Å². The van der Waals surface area contributed by atoms with Crippen molar-refractivity contribution in [1.29, 1.82) is 0 Å². The summed E-state index contributed by atoms with van der Waals surface area (Å²) in [5.41, 5.74) is 6.14. The predicted octanol–water partition coefficient (Wildman–Crippen LogP) is 3.63. The van der Waals surface area contributed by atoms with Crippen molar-refractivity contribution in [3.63, 3.8) is 0 Å². The van der Waals surface area contributed by atoms with E-state index in [4.69, 9.17) is 0 Å². The number of likely N-dealkylation sites (tertiary alicyclic amines) is 1. The number of carbonyl (C=O) groups is 1. The molecule has 1 amide bonds. The van der Waals surface area contributed by atoms with E-state index in [1.807, 2.05) is 43.3 Å². The molecule has 0 saturated carbocycles. The average molecular weight is 417 g/mol. The number of aryl methyl sites for hydroxylation is 1. The van der Waals surface area contributed by atoms with Gasteiger partial charge in [0.05, 0.1) is 0 Å². The van der Waals surface area contributed by atoms with Gasteiger partial charge in [-0.25, -0.2) is 0 Å². The zero-order valence-corrected chi connectivity index (χ0v) is 18.9. The Kier molecular flexibility index (Phi) is 5.01. The molecule has 1 aliphatic carbocycles. The van der Waals surface area contributed by atoms with Crippen LogP contribution < -0.4 is 10.2 Å². The molecule has 2 aromatic carbocycles. The van der Waals surface area contributed by atoms with Crippen LogP contribution >= 0.6 is 0 Å². The number of piperidine rings is 1. The van der Waals surface area contributed by atoms with E-state index >= 15 is 0 Å². The number of hydrogen-bond donors (Lipinski definition) is 1. The number of amides is 1. The van der Waals surface area contributed by atoms with Crippen LogP contribution in [0, 0.1) is 5.92 Å². The fraction of sp³-hybridized carbons (Fsp3) is 0.423. The molecule has 0 spiro atoms. The van der Waals surface area contributed by atoms with Crippen LogP contribution in [0.1, 0.15) is 33.8 Å². The lowest BCUT2D eigenvalue weighted by Gasteiger charge is -2.45. The molecular weight excluding hydrogens is 384 g/mol. The van der Waals surface area contributed by atoms with E-state index in [1.165, 1.54) is 22.0 Å². The number of benzene rings is 2. The molecule has 2 aliphatic rings. The minimum atomic E-state index is 0.0196. The highest BCUT2D eigenvalue weighted by Crippen LogP contribution is 2.44. The van der Waals surface area contributed by atoms with E-state index in [-0.39, 0.29) is 5.91 Å². The molecule has 0 bridgehead atoms. The number of likely N-dealkylation sites (N-methyl/N-ethyl adjacent to an activating group) is 1. The van der Waals surface area contributed by atoms with Gasteiger partial charge in [0.2, 0.25) is 0 Å². The van der Waals surface area contributed by atoms with Gasteiger partial charge in [-0.05, 0) is 67.3 Å². The van der Waals surface area contributed by atoms with Crippen molar-refractivity contribution < 1.29 is 4.79 Å². The van der Waals surface area contributed by atoms with Gasteiger partial charge in [0, 0.05) is 74.5 Å². The number of fused-ring (bicyclic) bond motifs is 2. The van der Waals surface area contributed by atoms with Crippen molar-refractivity contribution in [2.24, 2.45) is 13.0 Å². The summed E-state index contributed by atoms with van der Waals surface area (Å²) in [6.45, 7) is 1.75. The van der Waals surface area contributed by atoms with Crippen LogP contribution in [0.3, 0.4) is 0 Å². The first-order chi connectivity index (χ1) is 14.9. The number of hydrogen-bond acceptors (Lipinski definition) is 3. The van der Waals surface area contributed by atoms with Gasteiger partial charge in [0.15, 0.2) is 0 Å². The first kappa shape index (κ1) is 20.1. The topological polar surface area (TPSA) is 40.5 Å². The Labute approximate surface area is 184 Å². The minimum absolute atomic E-state index is 0.0196. The Balaban J connectivity index is 1.31. The van der Waals surface area contributed by atoms with Gasteiger partial charge >= 0.3 is 0 Å². The monoisotopic (exact) mass is 416 g/mol. The Morgan fingerprint density at radius 2 is 1.90 bits per heavy atom. The van der Waals surface area contributed by atoms with Crippen molar-refractivity contribution in [1.82, 2.24) is 14.8 Å². The number of rotatable bonds is 4. The van der Waals surface area contributed by atoms with E-state index in [0.29, 0.717) is 17.9 Å². The van der Waals surface area contributed by atoms with E-state index < -0.39 is 0 Å². The summed E-state index contributed by atoms with van der Waals surface area (Å²) in [6.07, 6.45) is 4.56. The quantitative estimate of drug-likeness (QED) is 0.706. The van der Waals surface area contributed by atoms with Crippen molar-refractivity contribution in [2.75, 3.05) is 39.1 Å². The summed E-state index contributed by atoms with van der Waals surface area (Å²) < 4.78 is 2.27. The maximum atomic E-state index is 12.7. The van der Waals surface area contributed by atoms with Crippen LogP contribution in [0.15, 0.2) is 48.7 Å². The molecule has 1 saturated heterocycles. The summed E-state index contributed by atoms with van der Waals surface area (Å²) in [7, 11) is 8.41. The lowest BCUT2D eigenvalue weighted by atomic mass is 9.72. The maximum Gasteiger partial charge on any atom is 0.251 e. The summed E-state index contributed by atoms with van der Waals surface area (Å²) in [5, 5.41) is 4.66. The molecule has 3 aromatic rings. The number of carbonyl (C=O) groups excluding carboxylic acids is 1. The third kappa shape index (κ3) is 3.51. The van der Waals surface area contributed by atoms with Crippen molar-refractivity contribution in [3.8, 4) is 0 Å². The lowest BCUT2D eigenvalue weighted by molar-refractivity contribution is 0.0891. The van der Waals surface area contributed by atoms with Crippen molar-refractivity contribution >= 4 is 22.5 Å². The minimum Gasteiger partial charge on any atom is -0.378 e. The van der Waals surface area contributed by atoms with Gasteiger partial charge in [-0.1, -0.05) is 12.1 Å². The number of nitrogens with zero attached hydrogens (tertiary/aromatic N) is 3. The first-order valence-electron chi connectivity index (χ1n) is 11.2. The zero-order valence-electron chi connectivity index (χ0n) is 18.9. The third-order valence-corrected chi connectivity index (χ3v) is 7.32. The smallest absolute Gasteiger partial charge is 0.251 e. The molecule has 1 aliphatic heterocycles. The molecule has 3 atom stereocenters. The van der Waals surface area contributed by atoms with Gasteiger partial charge in [0.1, 0.15) is 0 Å². The fourth-order valence-electron chi connectivity index (χ4n) is 5.73. The number of anilines is 1. The van der Waals surface area contributed by atoms with Crippen LogP contribution in [0.4, 0.5) is 5.69 Å². The van der Waals surface area contributed by atoms with E-state index in [9.17, 15) is 4.79 Å². The van der Waals surface area contributed by atoms with Gasteiger partial charge in [-0.15, -0.1) is 0 Å². The Hall–Kier alpha value is -2.79. The van der Waals surface area contributed by atoms with Gasteiger partial charge in [0.25, 0.3) is 5.91 Å². The average Bonchev–Trinajstić information content (AvgIpc) is 3.09. The molecule has 0 unspecified atom stereocenters. The summed E-state index contributed by atoms with van der Waals surface area (Å²) >= 11 is 0. The highest BCUT2D eigenvalue weighted by atomic mass is 16.1. The molecule has 162 valence electrons. The van der Waals surface area contributed by atoms with Crippen LogP contribution in [-0.2, 0) is 13.5 Å². The van der Waals surface area contributed by atoms with Crippen LogP contribution in [0.5, 0.6) is 0 Å². The van der Waals surface area contributed by atoms with Crippen molar-refractivity contribution in [3.05, 3.63) is 65.4 Å². The Morgan fingerprint density at radius 1 is 1.13 bits per heavy atom. The molecular formula is C26H32N4O. The number of nitrogens with one attached hydrogen (secondary N) is 1. The molecule has 1 fully saturated rings. The second-order valence-electron chi connectivity index (χ2n) is 9.58. The predicted molar refractivity (Wildman–Crippen MR) is 127 cm³/mol. The fourth-order valence-corrected chi connectivity index (χ4v) is 5.73. The highest BCUT2D eigenvalue weighted by molar-refractivity contribution is 5.94. The summed E-state index contributed by atoms with van der Waals surface area (Å²) in [5.74, 6) is 1.00. The zero-order chi connectivity index (χ0) is 21.7. The molecule has 31 heavy (non-hydrogen) atoms.